The smallest absolute Gasteiger partial charge is 0.307 e. The maximum Gasteiger partial charge on any atom is 0.307 e. The Labute approximate surface area is 479 Å². The van der Waals surface area contributed by atoms with E-state index in [1.54, 1.807) is 11.1 Å². The van der Waals surface area contributed by atoms with Crippen LogP contribution >= 0.6 is 0 Å². The Kier molecular flexibility index (Phi) is 31.4. The standard InChI is InChI=1S/C32H39N3O4.C30H2.H3N5O4.17H2/c1-32(2,3)39-29(37)21-25(14-11-22-8-5-4-6-9-22)31(38)35-19-7-10-27(35)28(36)16-13-23-12-15-26-24(20-23)17-18-34-30(26)33;1-3-5-7-9-11-13-15-17-19-21-23-25-27-29-30-28-26-24-22-20-18-16-14-12-10-8-6-4-2;1-2-3-4-5(8-6)9-7;;;;;;;;;;;;;;;;;/h4-6,8-9,12,15,17-18,20,25,27H,7,10-11,13-14,16,19,21H2,1-3H3,(H2,33,34);1-2H;1,6-7H;17*1H/b;;2-1?,4-3+;;;;;;;;;;;;;;;;;/t25-,27-;;;;;;;;;;;;;;;;;;;/m0.................../s1. The lowest BCUT2D eigenvalue weighted by atomic mass is 9.93. The van der Waals surface area contributed by atoms with Crippen LogP contribution in [0.2, 0.25) is 0 Å². The van der Waals surface area contributed by atoms with E-state index in [1.807, 2.05) is 75.4 Å². The van der Waals surface area contributed by atoms with Crippen LogP contribution in [0.4, 0.5) is 5.82 Å². The molecular weight excluding hydrogens is 985 g/mol. The highest BCUT2D eigenvalue weighted by atomic mass is 17.4. The van der Waals surface area contributed by atoms with Gasteiger partial charge in [0.2, 0.25) is 5.91 Å². The molecule has 1 fully saturated rings. The lowest BCUT2D eigenvalue weighted by molar-refractivity contribution is -0.587. The molecule has 2 heterocycles. The van der Waals surface area contributed by atoms with Crippen LogP contribution < -0.4 is 5.73 Å². The van der Waals surface area contributed by atoms with Crippen LogP contribution in [-0.4, -0.2) is 61.6 Å². The predicted octanol–water partition coefficient (Wildman–Crippen LogP) is 10.2. The number of nitrogens with one attached hydrogen (secondary N) is 1. The molecule has 78 heavy (non-hydrogen) atoms. The summed E-state index contributed by atoms with van der Waals surface area (Å²) in [7, 11) is 0. The van der Waals surface area contributed by atoms with Gasteiger partial charge in [-0.3, -0.25) is 14.4 Å². The predicted molar refractivity (Wildman–Crippen MR) is 327 cm³/mol. The second-order valence-corrected chi connectivity index (χ2v) is 15.6. The average molecular weight is 1060 g/mol. The maximum atomic E-state index is 13.8. The maximum absolute atomic E-state index is 13.8. The number of nitrogens with two attached hydrogens (primary N) is 1. The molecule has 0 bridgehead atoms. The molecule has 4 rings (SSSR count). The van der Waals surface area contributed by atoms with Crippen molar-refractivity contribution in [1.82, 2.24) is 15.2 Å². The van der Waals surface area contributed by atoms with Gasteiger partial charge in [0.1, 0.15) is 11.4 Å². The van der Waals surface area contributed by atoms with Gasteiger partial charge in [0.15, 0.2) is 5.78 Å². The van der Waals surface area contributed by atoms with Gasteiger partial charge in [0.05, 0.1) is 17.8 Å². The third-order valence-electron chi connectivity index (χ3n) is 9.24. The monoisotopic (exact) mass is 1060 g/mol. The van der Waals surface area contributed by atoms with Crippen LogP contribution in [0.25, 0.3) is 10.8 Å². The van der Waals surface area contributed by atoms with Crippen molar-refractivity contribution in [3.8, 4) is 179 Å². The molecule has 3 aromatic rings. The highest BCUT2D eigenvalue weighted by Gasteiger charge is 2.37. The molecule has 1 amide bonds. The summed E-state index contributed by atoms with van der Waals surface area (Å²) in [6, 6.07) is 17.4. The van der Waals surface area contributed by atoms with E-state index in [2.05, 4.69) is 196 Å². The molecule has 1 aliphatic heterocycles. The first-order valence-electron chi connectivity index (χ1n) is 22.7. The Morgan fingerprint density at radius 3 is 1.68 bits per heavy atom. The first-order valence-corrected chi connectivity index (χ1v) is 22.7. The molecule has 16 nitrogen and oxygen atoms in total. The number of aryl methyl sites for hydroxylation is 2. The van der Waals surface area contributed by atoms with Crippen LogP contribution in [0.5, 0.6) is 0 Å². The van der Waals surface area contributed by atoms with Gasteiger partial charge < -0.3 is 15.4 Å². The number of likely N-dealkylation sites (tertiary alicyclic amines) is 1. The van der Waals surface area contributed by atoms with E-state index in [-0.39, 0.29) is 53.7 Å². The summed E-state index contributed by atoms with van der Waals surface area (Å²) >= 11 is 0. The molecule has 2 atom stereocenters. The van der Waals surface area contributed by atoms with Gasteiger partial charge in [-0.15, -0.1) is 12.8 Å². The molecule has 0 unspecified atom stereocenters. The molecule has 0 aliphatic carbocycles. The van der Waals surface area contributed by atoms with Gasteiger partial charge in [-0.1, -0.05) is 58.5 Å². The van der Waals surface area contributed by atoms with Crippen LogP contribution in [0.3, 0.4) is 0 Å². The van der Waals surface area contributed by atoms with Crippen LogP contribution in [0.15, 0.2) is 76.5 Å². The third-order valence-corrected chi connectivity index (χ3v) is 9.24. The summed E-state index contributed by atoms with van der Waals surface area (Å²) in [5.41, 5.74) is 13.5. The summed E-state index contributed by atoms with van der Waals surface area (Å²) in [6.07, 6.45) is 15.1. The minimum absolute atomic E-state index is 0. The van der Waals surface area contributed by atoms with E-state index < -0.39 is 17.6 Å². The number of nitrogens with zero attached hydrogens (tertiary/aromatic N) is 6. The SMILES string of the molecule is C#CC#CC#CC#CC#CC#CC#CC#CC#CC#CC#CC#CC#CC#CC#C.CC(C)(C)OC(=O)C[C@H](CCc1ccccc1)C(=O)N1CCC[C@H]1C(=O)CCc1ccc2c(N)nccc2c1.N=N/N=N/N(OO)OO.[HH].[HH].[HH].[HH].[HH].[HH].[HH].[HH].[HH].[HH].[HH].[HH].[HH].[HH].[HH].[HH].[HH]. The van der Waals surface area contributed by atoms with E-state index >= 15 is 0 Å². The molecule has 1 aromatic heterocycles. The van der Waals surface area contributed by atoms with Crippen molar-refractivity contribution < 1.29 is 63.9 Å². The summed E-state index contributed by atoms with van der Waals surface area (Å²) in [5.74, 6) is 67.7. The number of nitrogen functional groups attached to an aromatic ring is 1. The molecular formula is C62H78N8O8. The number of benzene rings is 2. The van der Waals surface area contributed by atoms with E-state index in [9.17, 15) is 14.4 Å². The number of Topliss-reactive ketones (excluding diaryl/α,β-unsaturated/α-hetero) is 1. The zero-order valence-electron chi connectivity index (χ0n) is 42.3. The van der Waals surface area contributed by atoms with Crippen LogP contribution in [0, 0.1) is 190 Å². The number of hydrogen-bond donors (Lipinski definition) is 4. The number of carbonyl (C=O) groups excluding carboxylic acids is 3. The summed E-state index contributed by atoms with van der Waals surface area (Å²) in [5, 5.41) is 24.6. The zero-order valence-corrected chi connectivity index (χ0v) is 42.3. The lowest BCUT2D eigenvalue weighted by Gasteiger charge is -2.29. The van der Waals surface area contributed by atoms with Gasteiger partial charge in [-0.2, -0.15) is 5.53 Å². The molecule has 5 N–H and O–H groups in total. The number of hydrogen-bond acceptors (Lipinski definition) is 12. The Balaban J connectivity index is -0.0000000727. The third kappa shape index (κ3) is 28.5. The molecule has 2 aromatic carbocycles. The van der Waals surface area contributed by atoms with E-state index in [4.69, 9.17) is 39.4 Å². The average Bonchev–Trinajstić information content (AvgIpc) is 1.84. The normalized spacial score (nSPS) is 10.8. The van der Waals surface area contributed by atoms with Gasteiger partial charge in [0.25, 0.3) is 0 Å². The number of carbonyl (C=O) groups is 3. The van der Waals surface area contributed by atoms with Crippen molar-refractivity contribution in [2.45, 2.75) is 77.4 Å². The van der Waals surface area contributed by atoms with Gasteiger partial charge in [-0.25, -0.2) is 15.5 Å². The number of amides is 1. The number of ketones is 1. The zero-order chi connectivity index (χ0) is 56.9. The minimum atomic E-state index is -0.624. The molecule has 1 aliphatic rings. The fourth-order valence-electron chi connectivity index (χ4n) is 6.25. The molecule has 1 saturated heterocycles. The van der Waals surface area contributed by atoms with Gasteiger partial charge >= 0.3 is 5.97 Å². The summed E-state index contributed by atoms with van der Waals surface area (Å²) in [6.45, 7) is 6.00. The van der Waals surface area contributed by atoms with E-state index in [0.29, 0.717) is 44.5 Å². The van der Waals surface area contributed by atoms with Gasteiger partial charge in [0, 0.05) is 131 Å². The quantitative estimate of drug-likeness (QED) is 0.0391. The van der Waals surface area contributed by atoms with Crippen molar-refractivity contribution >= 4 is 34.3 Å². The lowest BCUT2D eigenvalue weighted by Crippen LogP contribution is -2.44. The number of fused-ring (bicyclic) bond motifs is 1. The van der Waals surface area contributed by atoms with Crippen molar-refractivity contribution in [3.63, 3.8) is 0 Å². The van der Waals surface area contributed by atoms with E-state index in [0.717, 1.165) is 28.3 Å². The van der Waals surface area contributed by atoms with Crippen molar-refractivity contribution in [1.29, 1.82) is 5.53 Å². The number of aromatic nitrogens is 1. The largest absolute Gasteiger partial charge is 0.460 e. The number of anilines is 1. The number of pyridine rings is 1. The topological polar surface area (TPSA) is 226 Å². The number of terminal acetylenes is 2. The first-order chi connectivity index (χ1) is 37.9. The summed E-state index contributed by atoms with van der Waals surface area (Å²) < 4.78 is 5.54. The molecule has 414 valence electrons. The van der Waals surface area contributed by atoms with Crippen molar-refractivity contribution in [3.05, 3.63) is 71.9 Å². The van der Waals surface area contributed by atoms with Gasteiger partial charge in [-0.05, 0) is 181 Å². The number of ether oxygens (including phenoxy) is 1. The molecule has 0 radical (unpaired) electrons. The van der Waals surface area contributed by atoms with Crippen molar-refractivity contribution in [2.24, 2.45) is 21.6 Å². The fourth-order valence-corrected chi connectivity index (χ4v) is 6.25. The molecule has 16 heteroatoms. The Bertz CT molecular complexity index is 3590. The Morgan fingerprint density at radius 2 is 1.23 bits per heavy atom. The molecule has 0 saturated carbocycles. The van der Waals surface area contributed by atoms with E-state index in [1.165, 1.54) is 0 Å². The van der Waals surface area contributed by atoms with Crippen LogP contribution in [-0.2, 0) is 41.9 Å². The number of esters is 1. The fraction of sp³-hybridized carbons (Fsp3) is 0.226. The highest BCUT2D eigenvalue weighted by molar-refractivity contribution is 5.93. The highest BCUT2D eigenvalue weighted by Crippen LogP contribution is 2.27. The first kappa shape index (κ1) is 62.6. The second kappa shape index (κ2) is 39.1. The Hall–Kier alpha value is -11.5. The van der Waals surface area contributed by atoms with Crippen molar-refractivity contribution in [2.75, 3.05) is 12.3 Å². The summed E-state index contributed by atoms with van der Waals surface area (Å²) in [4.78, 5) is 52.0. The van der Waals surface area contributed by atoms with Crippen LogP contribution in [0.1, 0.15) is 88.3 Å². The Morgan fingerprint density at radius 1 is 0.744 bits per heavy atom. The minimum Gasteiger partial charge on any atom is -0.460 e. The second-order valence-electron chi connectivity index (χ2n) is 15.6. The number of rotatable bonds is 14. The molecule has 0 spiro atoms.